The van der Waals surface area contributed by atoms with Gasteiger partial charge < -0.3 is 29.2 Å². The van der Waals surface area contributed by atoms with E-state index in [1.807, 2.05) is 19.1 Å². The molecule has 0 radical (unpaired) electrons. The van der Waals surface area contributed by atoms with Crippen molar-refractivity contribution in [1.82, 2.24) is 0 Å². The van der Waals surface area contributed by atoms with Crippen LogP contribution in [0.5, 0.6) is 5.75 Å². The van der Waals surface area contributed by atoms with Crippen LogP contribution in [0.4, 0.5) is 0 Å². The highest BCUT2D eigenvalue weighted by Gasteiger charge is 2.50. The quantitative estimate of drug-likeness (QED) is 0.123. The van der Waals surface area contributed by atoms with Crippen LogP contribution in [0.25, 0.3) is 0 Å². The first-order valence-corrected chi connectivity index (χ1v) is 16.3. The van der Waals surface area contributed by atoms with E-state index in [0.29, 0.717) is 12.2 Å². The number of hydrogen-bond donors (Lipinski definition) is 2. The molecule has 234 valence electrons. The predicted molar refractivity (Wildman–Crippen MR) is 175 cm³/mol. The van der Waals surface area contributed by atoms with Crippen LogP contribution in [0.15, 0.2) is 16.6 Å². The second-order valence-electron chi connectivity index (χ2n) is 12.3. The number of esters is 3. The highest BCUT2D eigenvalue weighted by molar-refractivity contribution is 14.1. The molecule has 0 aromatic heterocycles. The second-order valence-corrected chi connectivity index (χ2v) is 15.6. The van der Waals surface area contributed by atoms with Crippen molar-refractivity contribution in [2.75, 3.05) is 26.4 Å². The van der Waals surface area contributed by atoms with Gasteiger partial charge in [0.2, 0.25) is 0 Å². The van der Waals surface area contributed by atoms with Crippen LogP contribution in [-0.2, 0) is 28.6 Å². The Hall–Kier alpha value is -0.710. The summed E-state index contributed by atoms with van der Waals surface area (Å²) in [4.78, 5) is 39.7. The van der Waals surface area contributed by atoms with Crippen molar-refractivity contribution in [3.63, 3.8) is 0 Å². The zero-order valence-electron chi connectivity index (χ0n) is 25.1. The number of benzene rings is 1. The summed E-state index contributed by atoms with van der Waals surface area (Å²) in [6.45, 7) is 12.9. The van der Waals surface area contributed by atoms with Crippen molar-refractivity contribution in [2.24, 2.45) is 16.2 Å². The van der Waals surface area contributed by atoms with Gasteiger partial charge in [-0.05, 0) is 125 Å². The molecule has 1 aromatic carbocycles. The topological polar surface area (TPSA) is 129 Å². The van der Waals surface area contributed by atoms with Crippen LogP contribution in [0.1, 0.15) is 74.7 Å². The van der Waals surface area contributed by atoms with E-state index in [1.54, 1.807) is 48.5 Å². The number of hydrogen-bond acceptors (Lipinski definition) is 9. The normalized spacial score (nSPS) is 15.7. The zero-order valence-corrected chi connectivity index (χ0v) is 31.0. The molecule has 0 aliphatic heterocycles. The van der Waals surface area contributed by atoms with Gasteiger partial charge in [0.15, 0.2) is 0 Å². The van der Waals surface area contributed by atoms with Crippen LogP contribution < -0.4 is 4.74 Å². The van der Waals surface area contributed by atoms with E-state index in [9.17, 15) is 19.5 Å². The Morgan fingerprint density at radius 1 is 0.878 bits per heavy atom. The minimum absolute atomic E-state index is 0.0306. The summed E-state index contributed by atoms with van der Waals surface area (Å²) in [5.74, 6) is -1.07. The molecular formula is C29H43BrI2O9. The Labute approximate surface area is 279 Å². The van der Waals surface area contributed by atoms with Gasteiger partial charge in [0.1, 0.15) is 37.3 Å². The lowest BCUT2D eigenvalue weighted by atomic mass is 9.65. The molecule has 41 heavy (non-hydrogen) atoms. The standard InChI is InChI=1S/C29H43BrI2O9/c1-9-28(7,24(36)40-15-19(34)14-39-22-20(31)12-18(30)13-21(22)32)17-29(8,25(37)41-26(2,3)4)16-27(5,6)23(35)38-11-10-33/h12-13,19,33-34H,9-11,14-17H2,1-8H3. The van der Waals surface area contributed by atoms with E-state index < -0.39 is 45.9 Å². The number of aliphatic hydroxyl groups is 2. The number of aliphatic hydroxyl groups excluding tert-OH is 2. The maximum Gasteiger partial charge on any atom is 0.312 e. The summed E-state index contributed by atoms with van der Waals surface area (Å²) in [6.07, 6.45) is -0.680. The van der Waals surface area contributed by atoms with Crippen molar-refractivity contribution >= 4 is 79.0 Å². The third-order valence-electron chi connectivity index (χ3n) is 6.44. The molecule has 1 aromatic rings. The van der Waals surface area contributed by atoms with Gasteiger partial charge in [-0.2, -0.15) is 0 Å². The van der Waals surface area contributed by atoms with E-state index in [-0.39, 0.29) is 39.3 Å². The van der Waals surface area contributed by atoms with E-state index in [4.69, 9.17) is 24.1 Å². The largest absolute Gasteiger partial charge is 0.489 e. The average Bonchev–Trinajstić information content (AvgIpc) is 2.83. The molecule has 2 N–H and O–H groups in total. The van der Waals surface area contributed by atoms with Gasteiger partial charge in [-0.15, -0.1) is 0 Å². The Bertz CT molecular complexity index is 1050. The van der Waals surface area contributed by atoms with E-state index in [2.05, 4.69) is 61.1 Å². The maximum atomic E-state index is 13.5. The van der Waals surface area contributed by atoms with Crippen LogP contribution in [0.3, 0.4) is 0 Å². The zero-order chi connectivity index (χ0) is 31.8. The molecule has 0 saturated heterocycles. The molecule has 1 rings (SSSR count). The minimum atomic E-state index is -1.27. The molecule has 9 nitrogen and oxygen atoms in total. The number of halogens is 3. The molecule has 0 fully saturated rings. The molecule has 12 heteroatoms. The van der Waals surface area contributed by atoms with Gasteiger partial charge in [-0.1, -0.05) is 22.9 Å². The van der Waals surface area contributed by atoms with Crippen LogP contribution in [-0.4, -0.2) is 66.3 Å². The summed E-state index contributed by atoms with van der Waals surface area (Å²) >= 11 is 7.73. The molecule has 3 unspecified atom stereocenters. The molecule has 0 spiro atoms. The summed E-state index contributed by atoms with van der Waals surface area (Å²) in [5.41, 5.74) is -4.31. The molecule has 0 heterocycles. The second kappa shape index (κ2) is 15.8. The predicted octanol–water partition coefficient (Wildman–Crippen LogP) is 6.05. The third-order valence-corrected chi connectivity index (χ3v) is 8.50. The van der Waals surface area contributed by atoms with Gasteiger partial charge in [-0.25, -0.2) is 0 Å². The number of carbonyl (C=O) groups excluding carboxylic acids is 3. The SMILES string of the molecule is CCC(C)(CC(C)(CC(C)(C)C(=O)OCCO)C(=O)OC(C)(C)C)C(=O)OCC(O)COc1c(I)cc(Br)cc1I. The number of carbonyl (C=O) groups is 3. The van der Waals surface area contributed by atoms with Gasteiger partial charge >= 0.3 is 17.9 Å². The fourth-order valence-corrected chi connectivity index (χ4v) is 7.83. The number of ether oxygens (including phenoxy) is 4. The van der Waals surface area contributed by atoms with Gasteiger partial charge in [-0.3, -0.25) is 14.4 Å². The van der Waals surface area contributed by atoms with Crippen molar-refractivity contribution in [2.45, 2.75) is 86.4 Å². The summed E-state index contributed by atoms with van der Waals surface area (Å²) in [5, 5.41) is 19.6. The molecule has 0 aliphatic rings. The van der Waals surface area contributed by atoms with Crippen molar-refractivity contribution in [1.29, 1.82) is 0 Å². The lowest BCUT2D eigenvalue weighted by Crippen LogP contribution is -2.46. The smallest absolute Gasteiger partial charge is 0.312 e. The molecule has 0 bridgehead atoms. The Morgan fingerprint density at radius 3 is 1.93 bits per heavy atom. The highest BCUT2D eigenvalue weighted by Crippen LogP contribution is 2.46. The number of rotatable bonds is 15. The average molecular weight is 869 g/mol. The summed E-state index contributed by atoms with van der Waals surface area (Å²) in [6, 6.07) is 3.79. The van der Waals surface area contributed by atoms with Crippen LogP contribution in [0, 0.1) is 23.4 Å². The van der Waals surface area contributed by atoms with Crippen molar-refractivity contribution < 1.29 is 43.5 Å². The van der Waals surface area contributed by atoms with E-state index >= 15 is 0 Å². The fraction of sp³-hybridized carbons (Fsp3) is 0.690. The van der Waals surface area contributed by atoms with E-state index in [1.165, 1.54) is 0 Å². The summed E-state index contributed by atoms with van der Waals surface area (Å²) < 4.78 is 24.9. The van der Waals surface area contributed by atoms with E-state index in [0.717, 1.165) is 11.6 Å². The van der Waals surface area contributed by atoms with Gasteiger partial charge in [0.05, 0.1) is 30.0 Å². The molecular weight excluding hydrogens is 826 g/mol. The highest BCUT2D eigenvalue weighted by atomic mass is 127. The first-order chi connectivity index (χ1) is 18.7. The van der Waals surface area contributed by atoms with Crippen molar-refractivity contribution in [3.05, 3.63) is 23.7 Å². The maximum absolute atomic E-state index is 13.5. The Balaban J connectivity index is 3.08. The molecule has 0 saturated carbocycles. The first kappa shape index (κ1) is 38.3. The molecule has 0 aliphatic carbocycles. The minimum Gasteiger partial charge on any atom is -0.489 e. The van der Waals surface area contributed by atoms with Crippen molar-refractivity contribution in [3.8, 4) is 5.75 Å². The lowest BCUT2D eigenvalue weighted by molar-refractivity contribution is -0.177. The Kier molecular flexibility index (Phi) is 14.8. The monoisotopic (exact) mass is 868 g/mol. The van der Waals surface area contributed by atoms with Crippen LogP contribution >= 0.6 is 61.1 Å². The molecule has 0 amide bonds. The van der Waals surface area contributed by atoms with Gasteiger partial charge in [0, 0.05) is 4.47 Å². The molecule has 3 atom stereocenters. The third kappa shape index (κ3) is 12.1. The fourth-order valence-electron chi connectivity index (χ4n) is 4.43. The lowest BCUT2D eigenvalue weighted by Gasteiger charge is -2.41. The summed E-state index contributed by atoms with van der Waals surface area (Å²) in [7, 11) is 0. The first-order valence-electron chi connectivity index (χ1n) is 13.3. The Morgan fingerprint density at radius 2 is 1.44 bits per heavy atom. The van der Waals surface area contributed by atoms with Crippen LogP contribution in [0.2, 0.25) is 0 Å². The van der Waals surface area contributed by atoms with Gasteiger partial charge in [0.25, 0.3) is 0 Å².